The zero-order valence-electron chi connectivity index (χ0n) is 18.5. The Morgan fingerprint density at radius 1 is 1.18 bits per heavy atom. The number of hydrogen-bond acceptors (Lipinski definition) is 7. The Morgan fingerprint density at radius 2 is 1.94 bits per heavy atom. The van der Waals surface area contributed by atoms with E-state index in [1.165, 1.54) is 6.08 Å². The summed E-state index contributed by atoms with van der Waals surface area (Å²) in [6, 6.07) is 13.2. The van der Waals surface area contributed by atoms with Crippen LogP contribution in [0.4, 0.5) is 22.9 Å². The van der Waals surface area contributed by atoms with Crippen LogP contribution < -0.4 is 26.8 Å². The van der Waals surface area contributed by atoms with E-state index in [9.17, 15) is 14.4 Å². The minimum absolute atomic E-state index is 0.0699. The van der Waals surface area contributed by atoms with Gasteiger partial charge in [-0.2, -0.15) is 0 Å². The molecule has 2 heterocycles. The highest BCUT2D eigenvalue weighted by molar-refractivity contribution is 5.87. The fourth-order valence-corrected chi connectivity index (χ4v) is 4.06. The number of piperidine rings is 1. The van der Waals surface area contributed by atoms with Crippen LogP contribution in [-0.2, 0) is 4.79 Å². The van der Waals surface area contributed by atoms with Crippen molar-refractivity contribution in [1.29, 1.82) is 0 Å². The number of amides is 1. The molecule has 3 N–H and O–H groups in total. The van der Waals surface area contributed by atoms with Crippen LogP contribution in [0.5, 0.6) is 0 Å². The van der Waals surface area contributed by atoms with Gasteiger partial charge in [-0.05, 0) is 37.5 Å². The Balaban J connectivity index is 1.44. The number of anilines is 4. The van der Waals surface area contributed by atoms with Gasteiger partial charge in [0, 0.05) is 43.1 Å². The third-order valence-electron chi connectivity index (χ3n) is 5.86. The number of nitrogens with one attached hydrogen (secondary N) is 3. The number of pyridine rings is 1. The molecule has 0 aliphatic carbocycles. The van der Waals surface area contributed by atoms with Crippen LogP contribution in [0.2, 0.25) is 0 Å². The molecule has 0 spiro atoms. The first-order valence-corrected chi connectivity index (χ1v) is 11.0. The molecule has 2 unspecified atom stereocenters. The molecule has 3 aromatic rings. The van der Waals surface area contributed by atoms with E-state index in [0.29, 0.717) is 18.1 Å². The lowest BCUT2D eigenvalue weighted by molar-refractivity contribution is -0.127. The standard InChI is InChI=1S/C25H27N5O3/c1-3-21(31)30-13-7-10-19(15-30)28-20-14-18(11-12-26-20)29-23-22(24(32)25(23)33)27-16(2)17-8-5-4-6-9-17/h3-6,8-9,11-12,14,16,19,27H,1,7,10,13,15H2,2H3,(H2,26,28,29). The Bertz CT molecular complexity index is 1220. The van der Waals surface area contributed by atoms with E-state index in [2.05, 4.69) is 27.5 Å². The maximum absolute atomic E-state index is 12.2. The van der Waals surface area contributed by atoms with E-state index >= 15 is 0 Å². The number of likely N-dealkylation sites (tertiary alicyclic amines) is 1. The van der Waals surface area contributed by atoms with Gasteiger partial charge in [0.1, 0.15) is 17.2 Å². The molecule has 1 aliphatic rings. The monoisotopic (exact) mass is 445 g/mol. The summed E-state index contributed by atoms with van der Waals surface area (Å²) >= 11 is 0. The van der Waals surface area contributed by atoms with E-state index in [-0.39, 0.29) is 29.4 Å². The first-order chi connectivity index (χ1) is 16.0. The van der Waals surface area contributed by atoms with Crippen molar-refractivity contribution in [2.75, 3.05) is 29.0 Å². The van der Waals surface area contributed by atoms with Crippen molar-refractivity contribution in [1.82, 2.24) is 9.88 Å². The molecule has 170 valence electrons. The van der Waals surface area contributed by atoms with E-state index < -0.39 is 10.9 Å². The molecule has 0 radical (unpaired) electrons. The molecule has 8 heteroatoms. The third kappa shape index (κ3) is 4.95. The van der Waals surface area contributed by atoms with Crippen LogP contribution in [0, 0.1) is 0 Å². The summed E-state index contributed by atoms with van der Waals surface area (Å²) in [5, 5.41) is 9.58. The van der Waals surface area contributed by atoms with E-state index in [0.717, 1.165) is 24.9 Å². The average Bonchev–Trinajstić information content (AvgIpc) is 2.86. The molecular weight excluding hydrogens is 418 g/mol. The van der Waals surface area contributed by atoms with Crippen LogP contribution in [0.25, 0.3) is 0 Å². The largest absolute Gasteiger partial charge is 0.373 e. The summed E-state index contributed by atoms with van der Waals surface area (Å²) in [5.74, 6) is 0.554. The summed E-state index contributed by atoms with van der Waals surface area (Å²) in [7, 11) is 0. The zero-order valence-corrected chi connectivity index (χ0v) is 18.5. The SMILES string of the molecule is C=CC(=O)N1CCCC(Nc2cc(Nc3c(NC(C)c4ccccc4)c(=O)c3=O)ccn2)C1. The highest BCUT2D eigenvalue weighted by atomic mass is 16.2. The second kappa shape index (κ2) is 9.68. The van der Waals surface area contributed by atoms with Crippen molar-refractivity contribution in [3.05, 3.63) is 87.3 Å². The minimum atomic E-state index is -0.546. The van der Waals surface area contributed by atoms with Gasteiger partial charge in [0.25, 0.3) is 10.9 Å². The summed E-state index contributed by atoms with van der Waals surface area (Å²) < 4.78 is 0. The molecule has 1 saturated heterocycles. The predicted octanol–water partition coefficient (Wildman–Crippen LogP) is 3.18. The van der Waals surface area contributed by atoms with Gasteiger partial charge in [-0.3, -0.25) is 14.4 Å². The van der Waals surface area contributed by atoms with Crippen molar-refractivity contribution < 1.29 is 4.79 Å². The van der Waals surface area contributed by atoms with Crippen LogP contribution in [-0.4, -0.2) is 34.9 Å². The van der Waals surface area contributed by atoms with Gasteiger partial charge < -0.3 is 20.9 Å². The topological polar surface area (TPSA) is 103 Å². The van der Waals surface area contributed by atoms with Crippen LogP contribution in [0.15, 0.2) is 70.9 Å². The van der Waals surface area contributed by atoms with Gasteiger partial charge in [-0.1, -0.05) is 36.9 Å². The van der Waals surface area contributed by atoms with Crippen molar-refractivity contribution in [2.24, 2.45) is 0 Å². The highest BCUT2D eigenvalue weighted by Crippen LogP contribution is 2.26. The lowest BCUT2D eigenvalue weighted by atomic mass is 10.1. The maximum Gasteiger partial charge on any atom is 0.253 e. The fourth-order valence-electron chi connectivity index (χ4n) is 4.06. The van der Waals surface area contributed by atoms with Gasteiger partial charge in [-0.15, -0.1) is 0 Å². The van der Waals surface area contributed by atoms with Gasteiger partial charge in [0.05, 0.1) is 0 Å². The molecule has 1 amide bonds. The van der Waals surface area contributed by atoms with Gasteiger partial charge >= 0.3 is 0 Å². The summed E-state index contributed by atoms with van der Waals surface area (Å²) in [4.78, 5) is 42.5. The van der Waals surface area contributed by atoms with Gasteiger partial charge in [0.2, 0.25) is 5.91 Å². The van der Waals surface area contributed by atoms with Crippen molar-refractivity contribution in [3.63, 3.8) is 0 Å². The lowest BCUT2D eigenvalue weighted by Gasteiger charge is -2.32. The number of nitrogens with zero attached hydrogens (tertiary/aromatic N) is 2. The normalized spacial score (nSPS) is 16.8. The lowest BCUT2D eigenvalue weighted by Crippen LogP contribution is -2.44. The smallest absolute Gasteiger partial charge is 0.253 e. The quantitative estimate of drug-likeness (QED) is 0.361. The molecule has 8 nitrogen and oxygen atoms in total. The summed E-state index contributed by atoms with van der Waals surface area (Å²) in [6.45, 7) is 6.80. The first-order valence-electron chi connectivity index (χ1n) is 11.0. The molecule has 0 saturated carbocycles. The number of aromatic nitrogens is 1. The molecule has 2 aromatic carbocycles. The molecule has 4 rings (SSSR count). The Hall–Kier alpha value is -3.94. The maximum atomic E-state index is 12.2. The Labute approximate surface area is 192 Å². The molecule has 1 aliphatic heterocycles. The van der Waals surface area contributed by atoms with E-state index in [4.69, 9.17) is 0 Å². The number of hydrogen-bond donors (Lipinski definition) is 3. The molecule has 1 fully saturated rings. The van der Waals surface area contributed by atoms with Crippen LogP contribution >= 0.6 is 0 Å². The van der Waals surface area contributed by atoms with Gasteiger partial charge in [0.15, 0.2) is 0 Å². The Kier molecular flexibility index (Phi) is 6.53. The Morgan fingerprint density at radius 3 is 2.70 bits per heavy atom. The highest BCUT2D eigenvalue weighted by Gasteiger charge is 2.24. The van der Waals surface area contributed by atoms with Crippen molar-refractivity contribution in [2.45, 2.75) is 31.8 Å². The number of carbonyl (C=O) groups is 1. The molecule has 1 aromatic heterocycles. The minimum Gasteiger partial charge on any atom is -0.373 e. The average molecular weight is 446 g/mol. The first kappa shape index (κ1) is 22.3. The van der Waals surface area contributed by atoms with Gasteiger partial charge in [-0.25, -0.2) is 4.98 Å². The third-order valence-corrected chi connectivity index (χ3v) is 5.86. The van der Waals surface area contributed by atoms with Crippen LogP contribution in [0.3, 0.4) is 0 Å². The number of benzene rings is 1. The molecule has 2 atom stereocenters. The number of carbonyl (C=O) groups excluding carboxylic acids is 1. The summed E-state index contributed by atoms with van der Waals surface area (Å²) in [5.41, 5.74) is 1.12. The summed E-state index contributed by atoms with van der Waals surface area (Å²) in [6.07, 6.45) is 4.78. The van der Waals surface area contributed by atoms with Crippen molar-refractivity contribution in [3.8, 4) is 0 Å². The number of rotatable bonds is 8. The predicted molar refractivity (Wildman–Crippen MR) is 131 cm³/mol. The second-order valence-electron chi connectivity index (χ2n) is 8.21. The van der Waals surface area contributed by atoms with E-state index in [1.807, 2.05) is 37.3 Å². The molecule has 0 bridgehead atoms. The molecule has 33 heavy (non-hydrogen) atoms. The van der Waals surface area contributed by atoms with Crippen molar-refractivity contribution >= 4 is 28.8 Å². The fraction of sp³-hybridized carbons (Fsp3) is 0.280. The van der Waals surface area contributed by atoms with E-state index in [1.54, 1.807) is 23.2 Å². The second-order valence-corrected chi connectivity index (χ2v) is 8.21. The van der Waals surface area contributed by atoms with Crippen LogP contribution in [0.1, 0.15) is 31.4 Å². The molecular formula is C25H27N5O3. The zero-order chi connectivity index (χ0) is 23.4.